The smallest absolute Gasteiger partial charge is 0.305 e. The predicted octanol–water partition coefficient (Wildman–Crippen LogP) is 2.02. The predicted molar refractivity (Wildman–Crippen MR) is 78.2 cm³/mol. The number of hydrogen-bond donors (Lipinski definition) is 1. The zero-order valence-corrected chi connectivity index (χ0v) is 13.4. The molecule has 0 aromatic carbocycles. The fourth-order valence-corrected chi connectivity index (χ4v) is 2.98. The van der Waals surface area contributed by atoms with E-state index in [-0.39, 0.29) is 29.9 Å². The van der Waals surface area contributed by atoms with Crippen molar-refractivity contribution in [3.05, 3.63) is 11.6 Å². The first kappa shape index (κ1) is 16.0. The number of ether oxygens (including phenoxy) is 2. The Balaban J connectivity index is 2.08. The molecule has 6 atom stereocenters. The third-order valence-corrected chi connectivity index (χ3v) is 4.67. The molecule has 4 unspecified atom stereocenters. The molecule has 2 aliphatic rings. The Morgan fingerprint density at radius 2 is 1.95 bits per heavy atom. The molecule has 0 aromatic rings. The molecular weight excluding hydrogens is 270 g/mol. The highest BCUT2D eigenvalue weighted by molar-refractivity contribution is 5.88. The van der Waals surface area contributed by atoms with Crippen molar-refractivity contribution in [3.63, 3.8) is 0 Å². The molecule has 21 heavy (non-hydrogen) atoms. The zero-order chi connectivity index (χ0) is 15.7. The molecule has 1 aliphatic carbocycles. The monoisotopic (exact) mass is 295 g/mol. The summed E-state index contributed by atoms with van der Waals surface area (Å²) in [6.07, 6.45) is 2.11. The second kappa shape index (κ2) is 6.18. The first-order valence-electron chi connectivity index (χ1n) is 7.66. The highest BCUT2D eigenvalue weighted by Crippen LogP contribution is 2.34. The minimum atomic E-state index is -0.707. The maximum atomic E-state index is 12.2. The topological polar surface area (TPSA) is 64.6 Å². The van der Waals surface area contributed by atoms with E-state index in [9.17, 15) is 9.59 Å². The van der Waals surface area contributed by atoms with Crippen molar-refractivity contribution < 1.29 is 19.1 Å². The Kier molecular flexibility index (Phi) is 4.71. The molecule has 0 aromatic heterocycles. The molecular formula is C16H25NO4. The van der Waals surface area contributed by atoms with Crippen LogP contribution in [0.4, 0.5) is 0 Å². The van der Waals surface area contributed by atoms with Gasteiger partial charge in [0.25, 0.3) is 0 Å². The van der Waals surface area contributed by atoms with E-state index in [2.05, 4.69) is 26.1 Å². The van der Waals surface area contributed by atoms with Gasteiger partial charge in [-0.1, -0.05) is 32.4 Å². The van der Waals surface area contributed by atoms with Gasteiger partial charge in [-0.25, -0.2) is 0 Å². The van der Waals surface area contributed by atoms with Crippen molar-refractivity contribution in [2.24, 2.45) is 17.8 Å². The first-order chi connectivity index (χ1) is 9.85. The van der Waals surface area contributed by atoms with Gasteiger partial charge in [0.15, 0.2) is 0 Å². The number of carbonyl (C=O) groups excluding carboxylic acids is 2. The highest BCUT2D eigenvalue weighted by Gasteiger charge is 2.44. The van der Waals surface area contributed by atoms with Gasteiger partial charge < -0.3 is 14.8 Å². The second-order valence-corrected chi connectivity index (χ2v) is 6.20. The second-order valence-electron chi connectivity index (χ2n) is 6.20. The summed E-state index contributed by atoms with van der Waals surface area (Å²) in [5, 5.41) is 3.00. The van der Waals surface area contributed by atoms with E-state index in [1.165, 1.54) is 6.92 Å². The first-order valence-corrected chi connectivity index (χ1v) is 7.66. The molecule has 0 bridgehead atoms. The number of amides is 1. The van der Waals surface area contributed by atoms with Crippen molar-refractivity contribution >= 4 is 11.9 Å². The van der Waals surface area contributed by atoms with Crippen molar-refractivity contribution in [3.8, 4) is 0 Å². The van der Waals surface area contributed by atoms with Gasteiger partial charge in [-0.15, -0.1) is 0 Å². The van der Waals surface area contributed by atoms with Gasteiger partial charge in [0.05, 0.1) is 18.1 Å². The summed E-state index contributed by atoms with van der Waals surface area (Å²) in [6.45, 7) is 9.53. The van der Waals surface area contributed by atoms with Crippen molar-refractivity contribution in [1.82, 2.24) is 5.32 Å². The van der Waals surface area contributed by atoms with Crippen molar-refractivity contribution in [2.45, 2.75) is 59.5 Å². The van der Waals surface area contributed by atoms with Gasteiger partial charge >= 0.3 is 5.97 Å². The summed E-state index contributed by atoms with van der Waals surface area (Å²) >= 11 is 0. The van der Waals surface area contributed by atoms with E-state index in [1.807, 2.05) is 13.0 Å². The van der Waals surface area contributed by atoms with Crippen LogP contribution in [0.3, 0.4) is 0 Å². The molecule has 0 radical (unpaired) electrons. The molecule has 1 fully saturated rings. The average molecular weight is 295 g/mol. The van der Waals surface area contributed by atoms with Crippen LogP contribution >= 0.6 is 0 Å². The summed E-state index contributed by atoms with van der Waals surface area (Å²) in [7, 11) is 0. The van der Waals surface area contributed by atoms with Gasteiger partial charge in [-0.3, -0.25) is 9.59 Å². The molecule has 5 nitrogen and oxygen atoms in total. The highest BCUT2D eigenvalue weighted by atomic mass is 16.7. The number of hydrogen-bond acceptors (Lipinski definition) is 4. The van der Waals surface area contributed by atoms with E-state index < -0.39 is 12.3 Å². The molecule has 1 saturated heterocycles. The van der Waals surface area contributed by atoms with Crippen molar-refractivity contribution in [1.29, 1.82) is 0 Å². The lowest BCUT2D eigenvalue weighted by molar-refractivity contribution is -0.231. The molecule has 2 rings (SSSR count). The fourth-order valence-electron chi connectivity index (χ4n) is 2.98. The van der Waals surface area contributed by atoms with Gasteiger partial charge in [0.1, 0.15) is 0 Å². The Morgan fingerprint density at radius 3 is 2.43 bits per heavy atom. The molecule has 1 heterocycles. The minimum Gasteiger partial charge on any atom is -0.434 e. The summed E-state index contributed by atoms with van der Waals surface area (Å²) in [5.41, 5.74) is 1.08. The Labute approximate surface area is 126 Å². The fraction of sp³-hybridized carbons (Fsp3) is 0.750. The maximum absolute atomic E-state index is 12.2. The Bertz CT molecular complexity index is 459. The van der Waals surface area contributed by atoms with Crippen LogP contribution in [0.5, 0.6) is 0 Å². The Hall–Kier alpha value is -1.36. The molecule has 0 spiro atoms. The van der Waals surface area contributed by atoms with Crippen LogP contribution in [-0.2, 0) is 19.1 Å². The lowest BCUT2D eigenvalue weighted by Gasteiger charge is -2.44. The number of rotatable bonds is 4. The van der Waals surface area contributed by atoms with E-state index in [0.717, 1.165) is 12.0 Å². The minimum absolute atomic E-state index is 0.0350. The number of carbonyl (C=O) groups is 2. The molecule has 1 amide bonds. The van der Waals surface area contributed by atoms with E-state index in [1.54, 1.807) is 0 Å². The van der Waals surface area contributed by atoms with E-state index in [0.29, 0.717) is 5.92 Å². The summed E-state index contributed by atoms with van der Waals surface area (Å²) in [4.78, 5) is 23.5. The third-order valence-electron chi connectivity index (χ3n) is 4.67. The molecule has 1 aliphatic heterocycles. The Morgan fingerprint density at radius 1 is 1.33 bits per heavy atom. The van der Waals surface area contributed by atoms with Crippen LogP contribution in [0, 0.1) is 17.8 Å². The van der Waals surface area contributed by atoms with E-state index in [4.69, 9.17) is 9.47 Å². The zero-order valence-electron chi connectivity index (χ0n) is 13.4. The maximum Gasteiger partial charge on any atom is 0.305 e. The summed E-state index contributed by atoms with van der Waals surface area (Å²) in [6, 6.07) is -0.305. The SMILES string of the molecule is CCC1OC(OC(C)=O)C(NC(=O)C2C=C2C)[C@@H](C)[C@@H]1C. The van der Waals surface area contributed by atoms with Crippen LogP contribution in [0.2, 0.25) is 0 Å². The van der Waals surface area contributed by atoms with Crippen LogP contribution in [0.15, 0.2) is 11.6 Å². The molecule has 1 N–H and O–H groups in total. The summed E-state index contributed by atoms with van der Waals surface area (Å²) < 4.78 is 11.2. The standard InChI is InChI=1S/C16H25NO4/c1-6-13-9(3)10(4)14(16(21-13)20-11(5)18)17-15(19)12-7-8(12)2/h7,9-10,12-14,16H,6H2,1-5H3,(H,17,19)/t9-,10-,12?,13?,14?,16?/m0/s1. The van der Waals surface area contributed by atoms with Gasteiger partial charge in [-0.05, 0) is 25.2 Å². The quantitative estimate of drug-likeness (QED) is 0.636. The summed E-state index contributed by atoms with van der Waals surface area (Å²) in [5.74, 6) is -0.0605. The van der Waals surface area contributed by atoms with E-state index >= 15 is 0 Å². The largest absolute Gasteiger partial charge is 0.434 e. The number of nitrogens with one attached hydrogen (secondary N) is 1. The van der Waals surface area contributed by atoms with Crippen LogP contribution in [0.25, 0.3) is 0 Å². The third kappa shape index (κ3) is 3.46. The lowest BCUT2D eigenvalue weighted by Crippen LogP contribution is -2.58. The van der Waals surface area contributed by atoms with Crippen molar-refractivity contribution in [2.75, 3.05) is 0 Å². The number of esters is 1. The van der Waals surface area contributed by atoms with Crippen LogP contribution < -0.4 is 5.32 Å². The van der Waals surface area contributed by atoms with Crippen LogP contribution in [-0.4, -0.2) is 30.3 Å². The van der Waals surface area contributed by atoms with Crippen LogP contribution in [0.1, 0.15) is 41.0 Å². The van der Waals surface area contributed by atoms with Gasteiger partial charge in [0, 0.05) is 6.92 Å². The molecule has 0 saturated carbocycles. The normalized spacial score (nSPS) is 38.4. The van der Waals surface area contributed by atoms with Gasteiger partial charge in [-0.2, -0.15) is 0 Å². The molecule has 5 heteroatoms. The average Bonchev–Trinajstić information content (AvgIpc) is 3.14. The van der Waals surface area contributed by atoms with Gasteiger partial charge in [0.2, 0.25) is 12.2 Å². The molecule has 118 valence electrons. The lowest BCUT2D eigenvalue weighted by atomic mass is 9.81.